The molecular formula is C25H21F3N2O4. The number of nitrogens with zero attached hydrogens (tertiary/aromatic N) is 1. The minimum atomic E-state index is -4.48. The molecule has 0 saturated heterocycles. The Balaban J connectivity index is 2.03. The second kappa shape index (κ2) is 8.74. The number of alkyl halides is 3. The Morgan fingerprint density at radius 3 is 2.38 bits per heavy atom. The lowest BCUT2D eigenvalue weighted by molar-refractivity contribution is -0.139. The molecule has 3 aromatic carbocycles. The number of carbonyl (C=O) groups is 2. The smallest absolute Gasteiger partial charge is 0.416 e. The molecule has 0 aliphatic rings. The van der Waals surface area contributed by atoms with Crippen molar-refractivity contribution >= 4 is 33.7 Å². The van der Waals surface area contributed by atoms with Crippen molar-refractivity contribution in [2.75, 3.05) is 6.61 Å². The van der Waals surface area contributed by atoms with E-state index in [0.717, 1.165) is 17.7 Å². The van der Waals surface area contributed by atoms with Gasteiger partial charge in [0.2, 0.25) is 5.91 Å². The van der Waals surface area contributed by atoms with Crippen molar-refractivity contribution in [3.63, 3.8) is 0 Å². The fourth-order valence-electron chi connectivity index (χ4n) is 4.14. The number of primary amides is 1. The summed E-state index contributed by atoms with van der Waals surface area (Å²) in [6.45, 7) is 1.40. The first-order chi connectivity index (χ1) is 16.1. The molecule has 1 heterocycles. The number of carbonyl (C=O) groups excluding carboxylic acids is 1. The second-order valence-electron chi connectivity index (χ2n) is 7.87. The maximum Gasteiger partial charge on any atom is 0.416 e. The van der Waals surface area contributed by atoms with E-state index in [4.69, 9.17) is 15.6 Å². The third-order valence-electron chi connectivity index (χ3n) is 5.64. The zero-order valence-electron chi connectivity index (χ0n) is 18.1. The highest BCUT2D eigenvalue weighted by Crippen LogP contribution is 2.39. The lowest BCUT2D eigenvalue weighted by Gasteiger charge is -2.12. The van der Waals surface area contributed by atoms with Crippen molar-refractivity contribution in [2.24, 2.45) is 5.73 Å². The van der Waals surface area contributed by atoms with Crippen molar-refractivity contribution in [1.29, 1.82) is 0 Å². The van der Waals surface area contributed by atoms with Crippen LogP contribution < -0.4 is 10.5 Å². The first-order valence-corrected chi connectivity index (χ1v) is 10.5. The van der Waals surface area contributed by atoms with Gasteiger partial charge in [-0.1, -0.05) is 25.1 Å². The van der Waals surface area contributed by atoms with Crippen LogP contribution in [0.15, 0.2) is 54.6 Å². The van der Waals surface area contributed by atoms with Crippen LogP contribution in [0.5, 0.6) is 5.75 Å². The molecule has 0 aliphatic heterocycles. The molecule has 9 heteroatoms. The number of carboxylic acid groups (broad SMARTS) is 1. The Kier molecular flexibility index (Phi) is 5.95. The van der Waals surface area contributed by atoms with Gasteiger partial charge in [0.25, 0.3) is 0 Å². The van der Waals surface area contributed by atoms with E-state index in [-0.39, 0.29) is 17.9 Å². The van der Waals surface area contributed by atoms with E-state index in [0.29, 0.717) is 33.8 Å². The molecule has 0 saturated carbocycles. The average Bonchev–Trinajstić information content (AvgIpc) is 3.10. The van der Waals surface area contributed by atoms with Crippen molar-refractivity contribution in [3.8, 4) is 5.75 Å². The summed E-state index contributed by atoms with van der Waals surface area (Å²) in [7, 11) is 0. The SMILES string of the molecule is CCc1cc(OCC(=O)O)c2c3c(C(N)=O)cccc3n(Cc3cccc(C(F)(F)F)c3)c2c1. The fourth-order valence-corrected chi connectivity index (χ4v) is 4.14. The Morgan fingerprint density at radius 2 is 1.74 bits per heavy atom. The van der Waals surface area contributed by atoms with Gasteiger partial charge in [-0.05, 0) is 53.9 Å². The number of amides is 1. The summed E-state index contributed by atoms with van der Waals surface area (Å²) in [5, 5.41) is 10.1. The Bertz CT molecular complexity index is 1420. The molecule has 6 nitrogen and oxygen atoms in total. The maximum absolute atomic E-state index is 13.3. The molecule has 4 rings (SSSR count). The number of ether oxygens (including phenoxy) is 1. The van der Waals surface area contributed by atoms with E-state index in [9.17, 15) is 22.8 Å². The lowest BCUT2D eigenvalue weighted by atomic mass is 10.0. The standard InChI is InChI=1S/C25H21F3N2O4/c1-2-14-10-19-23(20(11-14)34-13-21(31)32)22-17(24(29)33)7-4-8-18(22)30(19)12-15-5-3-6-16(9-15)25(26,27)28/h3-11H,2,12-13H2,1H3,(H2,29,33)(H,31,32). The summed E-state index contributed by atoms with van der Waals surface area (Å²) >= 11 is 0. The molecule has 0 unspecified atom stereocenters. The zero-order chi connectivity index (χ0) is 24.6. The summed E-state index contributed by atoms with van der Waals surface area (Å²) < 4.78 is 47.2. The zero-order valence-corrected chi connectivity index (χ0v) is 18.1. The molecule has 1 aromatic heterocycles. The first-order valence-electron chi connectivity index (χ1n) is 10.5. The highest BCUT2D eigenvalue weighted by molar-refractivity contribution is 6.19. The molecule has 0 bridgehead atoms. The number of fused-ring (bicyclic) bond motifs is 3. The van der Waals surface area contributed by atoms with Crippen LogP contribution in [0.25, 0.3) is 21.8 Å². The van der Waals surface area contributed by atoms with E-state index in [1.54, 1.807) is 34.9 Å². The topological polar surface area (TPSA) is 94.6 Å². The normalized spacial score (nSPS) is 11.8. The second-order valence-corrected chi connectivity index (χ2v) is 7.87. The molecule has 0 aliphatic carbocycles. The monoisotopic (exact) mass is 470 g/mol. The number of halogens is 3. The molecule has 0 spiro atoms. The molecule has 0 atom stereocenters. The van der Waals surface area contributed by atoms with Crippen LogP contribution >= 0.6 is 0 Å². The molecule has 0 fully saturated rings. The van der Waals surface area contributed by atoms with E-state index in [1.807, 2.05) is 13.0 Å². The summed E-state index contributed by atoms with van der Waals surface area (Å²) in [6.07, 6.45) is -3.88. The third kappa shape index (κ3) is 4.28. The highest BCUT2D eigenvalue weighted by Gasteiger charge is 2.30. The van der Waals surface area contributed by atoms with Gasteiger partial charge in [-0.3, -0.25) is 4.79 Å². The van der Waals surface area contributed by atoms with Crippen molar-refractivity contribution < 1.29 is 32.6 Å². The number of aliphatic carboxylic acids is 1. The van der Waals surface area contributed by atoms with E-state index in [1.165, 1.54) is 6.07 Å². The average molecular weight is 470 g/mol. The van der Waals surface area contributed by atoms with Gasteiger partial charge in [-0.25, -0.2) is 4.79 Å². The van der Waals surface area contributed by atoms with Crippen LogP contribution in [-0.2, 0) is 23.9 Å². The number of benzene rings is 3. The number of aromatic nitrogens is 1. The summed E-state index contributed by atoms with van der Waals surface area (Å²) in [4.78, 5) is 23.4. The van der Waals surface area contributed by atoms with E-state index < -0.39 is 30.2 Å². The van der Waals surface area contributed by atoms with Gasteiger partial charge < -0.3 is 20.1 Å². The number of hydrogen-bond donors (Lipinski definition) is 2. The Hall–Kier alpha value is -4.01. The van der Waals surface area contributed by atoms with Gasteiger partial charge in [0.15, 0.2) is 6.61 Å². The third-order valence-corrected chi connectivity index (χ3v) is 5.64. The molecule has 34 heavy (non-hydrogen) atoms. The van der Waals surface area contributed by atoms with Crippen LogP contribution in [0.1, 0.15) is 34.0 Å². The van der Waals surface area contributed by atoms with Gasteiger partial charge in [0.05, 0.1) is 22.0 Å². The maximum atomic E-state index is 13.3. The van der Waals surface area contributed by atoms with Gasteiger partial charge in [0.1, 0.15) is 5.75 Å². The van der Waals surface area contributed by atoms with Crippen LogP contribution in [0, 0.1) is 0 Å². The summed E-state index contributed by atoms with van der Waals surface area (Å²) in [5.41, 5.74) is 7.47. The van der Waals surface area contributed by atoms with Crippen LogP contribution in [0.2, 0.25) is 0 Å². The van der Waals surface area contributed by atoms with Crippen LogP contribution in [-0.4, -0.2) is 28.2 Å². The molecule has 1 amide bonds. The predicted octanol–water partition coefficient (Wildman–Crippen LogP) is 4.99. The highest BCUT2D eigenvalue weighted by atomic mass is 19.4. The van der Waals surface area contributed by atoms with Crippen molar-refractivity contribution in [3.05, 3.63) is 76.9 Å². The van der Waals surface area contributed by atoms with Crippen molar-refractivity contribution in [1.82, 2.24) is 4.57 Å². The quantitative estimate of drug-likeness (QED) is 0.398. The molecule has 3 N–H and O–H groups in total. The number of rotatable bonds is 7. The minimum absolute atomic E-state index is 0.0810. The van der Waals surface area contributed by atoms with Gasteiger partial charge in [-0.15, -0.1) is 0 Å². The number of carboxylic acids is 1. The number of nitrogens with two attached hydrogens (primary N) is 1. The fraction of sp³-hybridized carbons (Fsp3) is 0.200. The molecule has 176 valence electrons. The molecule has 0 radical (unpaired) electrons. The molecule has 4 aromatic rings. The minimum Gasteiger partial charge on any atom is -0.481 e. The van der Waals surface area contributed by atoms with E-state index in [2.05, 4.69) is 0 Å². The predicted molar refractivity (Wildman–Crippen MR) is 121 cm³/mol. The van der Waals surface area contributed by atoms with Gasteiger partial charge in [-0.2, -0.15) is 13.2 Å². The Morgan fingerprint density at radius 1 is 1.00 bits per heavy atom. The summed E-state index contributed by atoms with van der Waals surface area (Å²) in [6, 6.07) is 13.5. The van der Waals surface area contributed by atoms with Gasteiger partial charge >= 0.3 is 12.1 Å². The van der Waals surface area contributed by atoms with Crippen molar-refractivity contribution in [2.45, 2.75) is 26.1 Å². The first kappa shape index (κ1) is 23.2. The largest absolute Gasteiger partial charge is 0.481 e. The van der Waals surface area contributed by atoms with E-state index >= 15 is 0 Å². The summed E-state index contributed by atoms with van der Waals surface area (Å²) in [5.74, 6) is -1.59. The lowest BCUT2D eigenvalue weighted by Crippen LogP contribution is -2.12. The van der Waals surface area contributed by atoms with Crippen LogP contribution in [0.4, 0.5) is 13.2 Å². The van der Waals surface area contributed by atoms with Crippen LogP contribution in [0.3, 0.4) is 0 Å². The van der Waals surface area contributed by atoms with Gasteiger partial charge in [0, 0.05) is 17.5 Å². The molecular weight excluding hydrogens is 449 g/mol. The Labute approximate surface area is 192 Å². The number of aryl methyl sites for hydroxylation is 1. The number of hydrogen-bond acceptors (Lipinski definition) is 3.